The Morgan fingerprint density at radius 1 is 1.23 bits per heavy atom. The van der Waals surface area contributed by atoms with Crippen LogP contribution >= 0.6 is 0 Å². The van der Waals surface area contributed by atoms with Crippen LogP contribution in [0, 0.1) is 6.92 Å². The van der Waals surface area contributed by atoms with Crippen LogP contribution in [0.4, 0.5) is 0 Å². The van der Waals surface area contributed by atoms with Gasteiger partial charge in [-0.25, -0.2) is 0 Å². The molecule has 1 aliphatic heterocycles. The van der Waals surface area contributed by atoms with Crippen LogP contribution < -0.4 is 5.32 Å². The molecular formula is C18H24N2O2. The molecule has 1 N–H and O–H groups in total. The van der Waals surface area contributed by atoms with Crippen molar-refractivity contribution in [2.24, 2.45) is 5.16 Å². The molecule has 0 spiro atoms. The lowest BCUT2D eigenvalue weighted by molar-refractivity contribution is -0.124. The molecule has 1 aromatic rings. The van der Waals surface area contributed by atoms with Gasteiger partial charge in [0.15, 0.2) is 0 Å². The van der Waals surface area contributed by atoms with Crippen LogP contribution in [-0.4, -0.2) is 23.8 Å². The van der Waals surface area contributed by atoms with Crippen molar-refractivity contribution in [3.8, 4) is 0 Å². The normalized spacial score (nSPS) is 22.0. The number of hydrogen-bond donors (Lipinski definition) is 1. The first-order valence-electron chi connectivity index (χ1n) is 8.30. The molecule has 1 aromatic carbocycles. The van der Waals surface area contributed by atoms with Gasteiger partial charge in [0.1, 0.15) is 6.10 Å². The van der Waals surface area contributed by atoms with Crippen LogP contribution in [-0.2, 0) is 9.63 Å². The minimum Gasteiger partial charge on any atom is -0.391 e. The van der Waals surface area contributed by atoms with E-state index < -0.39 is 0 Å². The number of aryl methyl sites for hydroxylation is 1. The molecule has 0 radical (unpaired) electrons. The van der Waals surface area contributed by atoms with E-state index in [0.717, 1.165) is 24.1 Å². The Morgan fingerprint density at radius 2 is 1.95 bits per heavy atom. The second kappa shape index (κ2) is 6.95. The standard InChI is InChI=1S/C18H24N2O2/c1-13-7-9-14(10-8-13)17-11-16(22-20-17)12-18(21)19-15-5-3-2-4-6-15/h7-10,15-16H,2-6,11-12H2,1H3,(H,19,21). The molecular weight excluding hydrogens is 276 g/mol. The summed E-state index contributed by atoms with van der Waals surface area (Å²) >= 11 is 0. The summed E-state index contributed by atoms with van der Waals surface area (Å²) in [5.41, 5.74) is 3.25. The average Bonchev–Trinajstić information content (AvgIpc) is 2.97. The topological polar surface area (TPSA) is 50.7 Å². The van der Waals surface area contributed by atoms with Crippen molar-refractivity contribution in [2.45, 2.75) is 64.0 Å². The maximum absolute atomic E-state index is 12.1. The fourth-order valence-electron chi connectivity index (χ4n) is 3.19. The molecule has 118 valence electrons. The highest BCUT2D eigenvalue weighted by Crippen LogP contribution is 2.21. The average molecular weight is 300 g/mol. The number of hydrogen-bond acceptors (Lipinski definition) is 3. The second-order valence-corrected chi connectivity index (χ2v) is 6.44. The van der Waals surface area contributed by atoms with Gasteiger partial charge in [-0.3, -0.25) is 4.79 Å². The zero-order chi connectivity index (χ0) is 15.4. The van der Waals surface area contributed by atoms with Crippen molar-refractivity contribution in [2.75, 3.05) is 0 Å². The molecule has 0 aromatic heterocycles. The maximum atomic E-state index is 12.1. The summed E-state index contributed by atoms with van der Waals surface area (Å²) in [5, 5.41) is 7.29. The van der Waals surface area contributed by atoms with E-state index in [1.54, 1.807) is 0 Å². The lowest BCUT2D eigenvalue weighted by atomic mass is 9.95. The van der Waals surface area contributed by atoms with Crippen LogP contribution in [0.15, 0.2) is 29.4 Å². The zero-order valence-electron chi connectivity index (χ0n) is 13.2. The molecule has 22 heavy (non-hydrogen) atoms. The molecule has 1 aliphatic carbocycles. The van der Waals surface area contributed by atoms with Crippen LogP contribution in [0.1, 0.15) is 56.1 Å². The molecule has 1 unspecified atom stereocenters. The van der Waals surface area contributed by atoms with Gasteiger partial charge in [-0.15, -0.1) is 0 Å². The minimum atomic E-state index is -0.125. The monoisotopic (exact) mass is 300 g/mol. The molecule has 0 saturated heterocycles. The fourth-order valence-corrected chi connectivity index (χ4v) is 3.19. The number of carbonyl (C=O) groups is 1. The zero-order valence-corrected chi connectivity index (χ0v) is 13.2. The van der Waals surface area contributed by atoms with Crippen LogP contribution in [0.5, 0.6) is 0 Å². The van der Waals surface area contributed by atoms with Crippen molar-refractivity contribution in [1.29, 1.82) is 0 Å². The van der Waals surface area contributed by atoms with E-state index in [0.29, 0.717) is 18.9 Å². The maximum Gasteiger partial charge on any atom is 0.224 e. The van der Waals surface area contributed by atoms with E-state index in [-0.39, 0.29) is 12.0 Å². The van der Waals surface area contributed by atoms with E-state index >= 15 is 0 Å². The predicted molar refractivity (Wildman–Crippen MR) is 86.8 cm³/mol. The second-order valence-electron chi connectivity index (χ2n) is 6.44. The van der Waals surface area contributed by atoms with Gasteiger partial charge in [-0.2, -0.15) is 0 Å². The van der Waals surface area contributed by atoms with Crippen molar-refractivity contribution in [1.82, 2.24) is 5.32 Å². The molecule has 1 saturated carbocycles. The van der Waals surface area contributed by atoms with Gasteiger partial charge >= 0.3 is 0 Å². The Balaban J connectivity index is 1.47. The number of benzene rings is 1. The number of rotatable bonds is 4. The molecule has 1 heterocycles. The highest BCUT2D eigenvalue weighted by molar-refractivity contribution is 6.01. The van der Waals surface area contributed by atoms with Crippen molar-refractivity contribution in [3.05, 3.63) is 35.4 Å². The molecule has 4 nitrogen and oxygen atoms in total. The molecule has 3 rings (SSSR count). The fraction of sp³-hybridized carbons (Fsp3) is 0.556. The highest BCUT2D eigenvalue weighted by atomic mass is 16.6. The van der Waals surface area contributed by atoms with Gasteiger partial charge in [0.2, 0.25) is 5.91 Å². The Kier molecular flexibility index (Phi) is 4.76. The number of amides is 1. The van der Waals surface area contributed by atoms with Gasteiger partial charge in [0, 0.05) is 12.5 Å². The van der Waals surface area contributed by atoms with Gasteiger partial charge in [0.05, 0.1) is 12.1 Å². The summed E-state index contributed by atoms with van der Waals surface area (Å²) in [4.78, 5) is 17.6. The number of oxime groups is 1. The molecule has 1 amide bonds. The lowest BCUT2D eigenvalue weighted by Gasteiger charge is -2.23. The van der Waals surface area contributed by atoms with E-state index in [1.807, 2.05) is 0 Å². The molecule has 1 fully saturated rings. The third-order valence-corrected chi connectivity index (χ3v) is 4.50. The predicted octanol–water partition coefficient (Wildman–Crippen LogP) is 3.33. The third kappa shape index (κ3) is 3.87. The smallest absolute Gasteiger partial charge is 0.224 e. The van der Waals surface area contributed by atoms with Crippen LogP contribution in [0.2, 0.25) is 0 Å². The van der Waals surface area contributed by atoms with Crippen LogP contribution in [0.25, 0.3) is 0 Å². The molecule has 4 heteroatoms. The van der Waals surface area contributed by atoms with Gasteiger partial charge in [-0.05, 0) is 25.3 Å². The Hall–Kier alpha value is -1.84. The summed E-state index contributed by atoms with van der Waals surface area (Å²) in [6.07, 6.45) is 6.96. The Labute approximate surface area is 131 Å². The first-order valence-corrected chi connectivity index (χ1v) is 8.30. The first kappa shape index (κ1) is 15.1. The van der Waals surface area contributed by atoms with E-state index in [9.17, 15) is 4.79 Å². The quantitative estimate of drug-likeness (QED) is 0.927. The molecule has 2 aliphatic rings. The Morgan fingerprint density at radius 3 is 2.68 bits per heavy atom. The van der Waals surface area contributed by atoms with Crippen LogP contribution in [0.3, 0.4) is 0 Å². The lowest BCUT2D eigenvalue weighted by Crippen LogP contribution is -2.37. The molecule has 1 atom stereocenters. The largest absolute Gasteiger partial charge is 0.391 e. The van der Waals surface area contributed by atoms with Gasteiger partial charge < -0.3 is 10.2 Å². The van der Waals surface area contributed by atoms with Gasteiger partial charge in [-0.1, -0.05) is 54.2 Å². The summed E-state index contributed by atoms with van der Waals surface area (Å²) < 4.78 is 0. The van der Waals surface area contributed by atoms with E-state index in [4.69, 9.17) is 4.84 Å². The number of nitrogens with one attached hydrogen (secondary N) is 1. The minimum absolute atomic E-state index is 0.0947. The van der Waals surface area contributed by atoms with Gasteiger partial charge in [0.25, 0.3) is 0 Å². The molecule has 0 bridgehead atoms. The number of nitrogens with zero attached hydrogens (tertiary/aromatic N) is 1. The van der Waals surface area contributed by atoms with Crippen molar-refractivity contribution < 1.29 is 9.63 Å². The van der Waals surface area contributed by atoms with Crippen molar-refractivity contribution >= 4 is 11.6 Å². The van der Waals surface area contributed by atoms with E-state index in [1.165, 1.54) is 24.8 Å². The first-order chi connectivity index (χ1) is 10.7. The third-order valence-electron chi connectivity index (χ3n) is 4.50. The Bertz CT molecular complexity index is 545. The van der Waals surface area contributed by atoms with Crippen molar-refractivity contribution in [3.63, 3.8) is 0 Å². The summed E-state index contributed by atoms with van der Waals surface area (Å²) in [6, 6.07) is 8.62. The SMILES string of the molecule is Cc1ccc(C2=NOC(CC(=O)NC3CCCCC3)C2)cc1. The summed E-state index contributed by atoms with van der Waals surface area (Å²) in [6.45, 7) is 2.06. The summed E-state index contributed by atoms with van der Waals surface area (Å²) in [5.74, 6) is 0.0947. The van der Waals surface area contributed by atoms with E-state index in [2.05, 4.69) is 41.7 Å². The number of carbonyl (C=O) groups excluding carboxylic acids is 1. The summed E-state index contributed by atoms with van der Waals surface area (Å²) in [7, 11) is 0. The highest BCUT2D eigenvalue weighted by Gasteiger charge is 2.26.